The van der Waals surface area contributed by atoms with E-state index in [1.807, 2.05) is 36.4 Å². The fourth-order valence-corrected chi connectivity index (χ4v) is 2.43. The van der Waals surface area contributed by atoms with E-state index < -0.39 is 0 Å². The molecule has 0 spiro atoms. The number of carbonyl (C=O) groups excluding carboxylic acids is 1. The zero-order valence-electron chi connectivity index (χ0n) is 11.2. The molecule has 1 atom stereocenters. The Morgan fingerprint density at radius 1 is 1.10 bits per heavy atom. The molecule has 1 aliphatic rings. The summed E-state index contributed by atoms with van der Waals surface area (Å²) < 4.78 is 0. The van der Waals surface area contributed by atoms with Gasteiger partial charge < -0.3 is 10.6 Å². The number of nitrogens with zero attached hydrogens (tertiary/aromatic N) is 1. The van der Waals surface area contributed by atoms with E-state index in [9.17, 15) is 4.79 Å². The van der Waals surface area contributed by atoms with Crippen LogP contribution < -0.4 is 10.6 Å². The van der Waals surface area contributed by atoms with Crippen molar-refractivity contribution in [2.75, 3.05) is 11.9 Å². The first kappa shape index (κ1) is 12.8. The van der Waals surface area contributed by atoms with Crippen molar-refractivity contribution in [3.8, 4) is 11.1 Å². The lowest BCUT2D eigenvalue weighted by Crippen LogP contribution is -2.35. The fourth-order valence-electron chi connectivity index (χ4n) is 2.43. The minimum atomic E-state index is -0.0464. The summed E-state index contributed by atoms with van der Waals surface area (Å²) in [4.78, 5) is 16.0. The Balaban J connectivity index is 1.68. The molecule has 0 saturated carbocycles. The van der Waals surface area contributed by atoms with Gasteiger partial charge in [0.1, 0.15) is 0 Å². The molecule has 4 heteroatoms. The Bertz CT molecular complexity index is 574. The van der Waals surface area contributed by atoms with Crippen LogP contribution in [-0.2, 0) is 4.79 Å². The topological polar surface area (TPSA) is 54.0 Å². The zero-order valence-corrected chi connectivity index (χ0v) is 11.2. The SMILES string of the molecule is O=C(Nc1ccc(-c2ccncc2)cc1)C1CCCN1. The summed E-state index contributed by atoms with van der Waals surface area (Å²) in [6.07, 6.45) is 5.54. The van der Waals surface area contributed by atoms with Gasteiger partial charge in [0.15, 0.2) is 0 Å². The van der Waals surface area contributed by atoms with E-state index in [2.05, 4.69) is 15.6 Å². The van der Waals surface area contributed by atoms with Crippen LogP contribution in [0.15, 0.2) is 48.8 Å². The van der Waals surface area contributed by atoms with Gasteiger partial charge in [0.05, 0.1) is 6.04 Å². The highest BCUT2D eigenvalue weighted by molar-refractivity contribution is 5.95. The molecule has 20 heavy (non-hydrogen) atoms. The lowest BCUT2D eigenvalue weighted by atomic mass is 10.1. The van der Waals surface area contributed by atoms with Crippen molar-refractivity contribution >= 4 is 11.6 Å². The molecular formula is C16H17N3O. The van der Waals surface area contributed by atoms with Gasteiger partial charge in [-0.05, 0) is 54.8 Å². The van der Waals surface area contributed by atoms with Crippen molar-refractivity contribution in [1.82, 2.24) is 10.3 Å². The molecule has 0 aliphatic carbocycles. The highest BCUT2D eigenvalue weighted by Crippen LogP contribution is 2.20. The number of hydrogen-bond acceptors (Lipinski definition) is 3. The number of hydrogen-bond donors (Lipinski definition) is 2. The van der Waals surface area contributed by atoms with Crippen molar-refractivity contribution in [3.05, 3.63) is 48.8 Å². The number of amides is 1. The molecule has 102 valence electrons. The van der Waals surface area contributed by atoms with Crippen LogP contribution in [0.25, 0.3) is 11.1 Å². The molecule has 1 aliphatic heterocycles. The summed E-state index contributed by atoms with van der Waals surface area (Å²) >= 11 is 0. The summed E-state index contributed by atoms with van der Waals surface area (Å²) in [5.41, 5.74) is 3.07. The predicted molar refractivity (Wildman–Crippen MR) is 79.3 cm³/mol. The second kappa shape index (κ2) is 5.84. The van der Waals surface area contributed by atoms with Crippen molar-refractivity contribution < 1.29 is 4.79 Å². The van der Waals surface area contributed by atoms with E-state index in [1.165, 1.54) is 0 Å². The monoisotopic (exact) mass is 267 g/mol. The summed E-state index contributed by atoms with van der Waals surface area (Å²) in [6, 6.07) is 11.8. The molecule has 0 bridgehead atoms. The van der Waals surface area contributed by atoms with Gasteiger partial charge in [-0.2, -0.15) is 0 Å². The minimum absolute atomic E-state index is 0.0464. The molecule has 1 saturated heterocycles. The Hall–Kier alpha value is -2.20. The van der Waals surface area contributed by atoms with Crippen LogP contribution in [0, 0.1) is 0 Å². The number of pyridine rings is 1. The lowest BCUT2D eigenvalue weighted by molar-refractivity contribution is -0.117. The van der Waals surface area contributed by atoms with Crippen molar-refractivity contribution in [1.29, 1.82) is 0 Å². The third kappa shape index (κ3) is 2.86. The summed E-state index contributed by atoms with van der Waals surface area (Å²) in [5, 5.41) is 6.14. The quantitative estimate of drug-likeness (QED) is 0.898. The van der Waals surface area contributed by atoms with Crippen molar-refractivity contribution in [2.24, 2.45) is 0 Å². The summed E-state index contributed by atoms with van der Waals surface area (Å²) in [5.74, 6) is 0.0548. The third-order valence-corrected chi connectivity index (χ3v) is 3.54. The normalized spacial score (nSPS) is 17.9. The van der Waals surface area contributed by atoms with Gasteiger partial charge in [-0.3, -0.25) is 9.78 Å². The number of benzene rings is 1. The molecule has 1 fully saturated rings. The smallest absolute Gasteiger partial charge is 0.241 e. The van der Waals surface area contributed by atoms with E-state index >= 15 is 0 Å². The first-order chi connectivity index (χ1) is 9.83. The Labute approximate surface area is 118 Å². The standard InChI is InChI=1S/C16H17N3O/c20-16(15-2-1-9-18-15)19-14-5-3-12(4-6-14)13-7-10-17-11-8-13/h3-8,10-11,15,18H,1-2,9H2,(H,19,20). The highest BCUT2D eigenvalue weighted by atomic mass is 16.2. The van der Waals surface area contributed by atoms with Gasteiger partial charge in [-0.1, -0.05) is 12.1 Å². The molecule has 1 amide bonds. The molecule has 2 N–H and O–H groups in total. The second-order valence-corrected chi connectivity index (χ2v) is 4.95. The molecule has 0 radical (unpaired) electrons. The first-order valence-electron chi connectivity index (χ1n) is 6.88. The van der Waals surface area contributed by atoms with E-state index in [0.29, 0.717) is 0 Å². The molecule has 2 heterocycles. The third-order valence-electron chi connectivity index (χ3n) is 3.54. The minimum Gasteiger partial charge on any atom is -0.325 e. The maximum atomic E-state index is 12.0. The number of rotatable bonds is 3. The van der Waals surface area contributed by atoms with Crippen molar-refractivity contribution in [3.63, 3.8) is 0 Å². The second-order valence-electron chi connectivity index (χ2n) is 4.95. The Kier molecular flexibility index (Phi) is 3.74. The largest absolute Gasteiger partial charge is 0.325 e. The van der Waals surface area contributed by atoms with Gasteiger partial charge in [0, 0.05) is 18.1 Å². The van der Waals surface area contributed by atoms with E-state index in [4.69, 9.17) is 0 Å². The molecule has 1 aromatic carbocycles. The predicted octanol–water partition coefficient (Wildman–Crippen LogP) is 2.44. The van der Waals surface area contributed by atoms with Crippen LogP contribution in [0.1, 0.15) is 12.8 Å². The Morgan fingerprint density at radius 3 is 2.45 bits per heavy atom. The average Bonchev–Trinajstić information content (AvgIpc) is 3.03. The van der Waals surface area contributed by atoms with Crippen LogP contribution in [0.3, 0.4) is 0 Å². The van der Waals surface area contributed by atoms with Gasteiger partial charge in [-0.15, -0.1) is 0 Å². The molecular weight excluding hydrogens is 250 g/mol. The highest BCUT2D eigenvalue weighted by Gasteiger charge is 2.21. The zero-order chi connectivity index (χ0) is 13.8. The van der Waals surface area contributed by atoms with E-state index in [0.717, 1.165) is 36.2 Å². The molecule has 2 aromatic rings. The van der Waals surface area contributed by atoms with Crippen LogP contribution >= 0.6 is 0 Å². The molecule has 1 aromatic heterocycles. The number of nitrogens with one attached hydrogen (secondary N) is 2. The summed E-state index contributed by atoms with van der Waals surface area (Å²) in [6.45, 7) is 0.930. The van der Waals surface area contributed by atoms with E-state index in [-0.39, 0.29) is 11.9 Å². The lowest BCUT2D eigenvalue weighted by Gasteiger charge is -2.11. The summed E-state index contributed by atoms with van der Waals surface area (Å²) in [7, 11) is 0. The van der Waals surface area contributed by atoms with Crippen LogP contribution in [0.5, 0.6) is 0 Å². The van der Waals surface area contributed by atoms with Crippen molar-refractivity contribution in [2.45, 2.75) is 18.9 Å². The number of aromatic nitrogens is 1. The van der Waals surface area contributed by atoms with Gasteiger partial charge in [-0.25, -0.2) is 0 Å². The average molecular weight is 267 g/mol. The number of anilines is 1. The fraction of sp³-hybridized carbons (Fsp3) is 0.250. The van der Waals surface area contributed by atoms with Crippen LogP contribution in [0.4, 0.5) is 5.69 Å². The first-order valence-corrected chi connectivity index (χ1v) is 6.88. The molecule has 3 rings (SSSR count). The maximum absolute atomic E-state index is 12.0. The molecule has 4 nitrogen and oxygen atoms in total. The van der Waals surface area contributed by atoms with Gasteiger partial charge >= 0.3 is 0 Å². The molecule has 1 unspecified atom stereocenters. The number of carbonyl (C=O) groups is 1. The van der Waals surface area contributed by atoms with Crippen LogP contribution in [0.2, 0.25) is 0 Å². The van der Waals surface area contributed by atoms with E-state index in [1.54, 1.807) is 12.4 Å². The Morgan fingerprint density at radius 2 is 1.80 bits per heavy atom. The maximum Gasteiger partial charge on any atom is 0.241 e. The van der Waals surface area contributed by atoms with Crippen LogP contribution in [-0.4, -0.2) is 23.5 Å². The van der Waals surface area contributed by atoms with Gasteiger partial charge in [0.25, 0.3) is 0 Å². The van der Waals surface area contributed by atoms with Gasteiger partial charge in [0.2, 0.25) is 5.91 Å².